The van der Waals surface area contributed by atoms with Crippen molar-refractivity contribution in [2.75, 3.05) is 18.4 Å². The highest BCUT2D eigenvalue weighted by molar-refractivity contribution is 5.86. The number of allylic oxidation sites excluding steroid dienone is 2. The number of anilines is 1. The molecule has 33 heavy (non-hydrogen) atoms. The number of aliphatic imine (C=N–C) groups is 1. The van der Waals surface area contributed by atoms with E-state index in [0.29, 0.717) is 6.04 Å². The van der Waals surface area contributed by atoms with E-state index in [1.165, 1.54) is 6.20 Å². The third-order valence-corrected chi connectivity index (χ3v) is 5.78. The van der Waals surface area contributed by atoms with Gasteiger partial charge in [0.2, 0.25) is 0 Å². The van der Waals surface area contributed by atoms with Crippen molar-refractivity contribution in [2.24, 2.45) is 10.7 Å². The molecule has 0 unspecified atom stereocenters. The number of pyridine rings is 1. The molecule has 1 aliphatic rings. The van der Waals surface area contributed by atoms with Crippen molar-refractivity contribution >= 4 is 23.1 Å². The molecule has 0 atom stereocenters. The van der Waals surface area contributed by atoms with Gasteiger partial charge in [-0.05, 0) is 75.0 Å². The van der Waals surface area contributed by atoms with Crippen molar-refractivity contribution in [1.82, 2.24) is 14.7 Å². The number of rotatable bonds is 5. The Morgan fingerprint density at radius 1 is 1.30 bits per heavy atom. The monoisotopic (exact) mass is 438 g/mol. The van der Waals surface area contributed by atoms with Crippen LogP contribution in [-0.4, -0.2) is 34.7 Å². The van der Waals surface area contributed by atoms with Gasteiger partial charge in [-0.25, -0.2) is 4.98 Å². The Morgan fingerprint density at radius 3 is 2.88 bits per heavy atom. The van der Waals surface area contributed by atoms with Gasteiger partial charge in [0.25, 0.3) is 0 Å². The molecule has 0 bridgehead atoms. The van der Waals surface area contributed by atoms with Crippen LogP contribution in [0.2, 0.25) is 0 Å². The Balaban J connectivity index is 1.58. The predicted octanol–water partition coefficient (Wildman–Crippen LogP) is 4.11. The zero-order valence-corrected chi connectivity index (χ0v) is 19.2. The summed E-state index contributed by atoms with van der Waals surface area (Å²) in [4.78, 5) is 9.29. The predicted molar refractivity (Wildman–Crippen MR) is 137 cm³/mol. The molecule has 0 spiro atoms. The van der Waals surface area contributed by atoms with E-state index in [2.05, 4.69) is 59.2 Å². The fourth-order valence-electron chi connectivity index (χ4n) is 3.77. The van der Waals surface area contributed by atoms with Gasteiger partial charge in [-0.15, -0.1) is 0 Å². The smallest absolute Gasteiger partial charge is 0.161 e. The maximum atomic E-state index is 5.86. The summed E-state index contributed by atoms with van der Waals surface area (Å²) in [5.74, 6) is 6.58. The van der Waals surface area contributed by atoms with Crippen LogP contribution < -0.4 is 16.4 Å². The largest absolute Gasteiger partial charge is 0.403 e. The lowest BCUT2D eigenvalue weighted by Crippen LogP contribution is -2.30. The highest BCUT2D eigenvalue weighted by Gasteiger charge is 2.11. The summed E-state index contributed by atoms with van der Waals surface area (Å²) in [7, 11) is 0. The van der Waals surface area contributed by atoms with E-state index in [1.54, 1.807) is 6.20 Å². The molecule has 3 heterocycles. The number of benzene rings is 1. The molecule has 1 aromatic carbocycles. The number of nitrogens with one attached hydrogen (secondary N) is 2. The van der Waals surface area contributed by atoms with Crippen LogP contribution in [0.1, 0.15) is 42.1 Å². The minimum atomic E-state index is 0.332. The first-order chi connectivity index (χ1) is 16.0. The maximum absolute atomic E-state index is 5.86. The molecular weight excluding hydrogens is 408 g/mol. The zero-order chi connectivity index (χ0) is 23.2. The summed E-state index contributed by atoms with van der Waals surface area (Å²) in [6, 6.07) is 10.5. The van der Waals surface area contributed by atoms with E-state index < -0.39 is 0 Å². The van der Waals surface area contributed by atoms with Gasteiger partial charge in [-0.2, -0.15) is 0 Å². The normalized spacial score (nSPS) is 14.9. The Kier molecular flexibility index (Phi) is 6.92. The summed E-state index contributed by atoms with van der Waals surface area (Å²) in [6.45, 7) is 10.1. The van der Waals surface area contributed by atoms with Crippen molar-refractivity contribution in [3.05, 3.63) is 83.6 Å². The first-order valence-corrected chi connectivity index (χ1v) is 11.2. The summed E-state index contributed by atoms with van der Waals surface area (Å²) in [6.07, 6.45) is 9.20. The Labute approximate surface area is 195 Å². The molecular formula is C27H30N6. The van der Waals surface area contributed by atoms with Gasteiger partial charge in [0.05, 0.1) is 23.6 Å². The molecule has 6 heteroatoms. The molecule has 0 aliphatic carbocycles. The quantitative estimate of drug-likeness (QED) is 0.414. The average molecular weight is 439 g/mol. The molecule has 168 valence electrons. The van der Waals surface area contributed by atoms with E-state index in [9.17, 15) is 0 Å². The Morgan fingerprint density at radius 2 is 2.12 bits per heavy atom. The van der Waals surface area contributed by atoms with E-state index >= 15 is 0 Å². The molecule has 2 aromatic heterocycles. The molecule has 4 rings (SSSR count). The summed E-state index contributed by atoms with van der Waals surface area (Å²) in [5.41, 5.74) is 13.3. The molecule has 3 aromatic rings. The molecule has 4 N–H and O–H groups in total. The SMILES string of the molecule is C=C(C)c1ccc(C)c(C#Cc2cnc3c(NC(C=NC4CCNCC4)=CN)cccn23)c1. The topological polar surface area (TPSA) is 79.7 Å². The third kappa shape index (κ3) is 5.33. The average Bonchev–Trinajstić information content (AvgIpc) is 3.25. The number of imidazole rings is 1. The number of nitrogens with two attached hydrogens (primary N) is 1. The van der Waals surface area contributed by atoms with E-state index in [4.69, 9.17) is 10.7 Å². The number of nitrogens with zero attached hydrogens (tertiary/aromatic N) is 3. The van der Waals surface area contributed by atoms with Crippen molar-refractivity contribution in [3.63, 3.8) is 0 Å². The van der Waals surface area contributed by atoms with E-state index in [-0.39, 0.29) is 0 Å². The van der Waals surface area contributed by atoms with Crippen LogP contribution >= 0.6 is 0 Å². The number of aromatic nitrogens is 2. The second kappa shape index (κ2) is 10.2. The second-order valence-corrected chi connectivity index (χ2v) is 8.33. The summed E-state index contributed by atoms with van der Waals surface area (Å²) >= 11 is 0. The number of hydrogen-bond acceptors (Lipinski definition) is 5. The van der Waals surface area contributed by atoms with Crippen molar-refractivity contribution in [3.8, 4) is 11.8 Å². The number of piperidine rings is 1. The van der Waals surface area contributed by atoms with E-state index in [1.807, 2.05) is 35.9 Å². The Bertz CT molecular complexity index is 1280. The summed E-state index contributed by atoms with van der Waals surface area (Å²) < 4.78 is 1.98. The summed E-state index contributed by atoms with van der Waals surface area (Å²) in [5, 5.41) is 6.71. The fraction of sp³-hybridized carbons (Fsp3) is 0.259. The van der Waals surface area contributed by atoms with E-state index in [0.717, 1.165) is 70.9 Å². The maximum Gasteiger partial charge on any atom is 0.161 e. The second-order valence-electron chi connectivity index (χ2n) is 8.33. The first-order valence-electron chi connectivity index (χ1n) is 11.2. The van der Waals surface area contributed by atoms with Crippen LogP contribution in [-0.2, 0) is 0 Å². The van der Waals surface area contributed by atoms with Crippen LogP contribution in [0.15, 0.2) is 66.2 Å². The minimum absolute atomic E-state index is 0.332. The lowest BCUT2D eigenvalue weighted by Gasteiger charge is -2.18. The van der Waals surface area contributed by atoms with Gasteiger partial charge in [0.1, 0.15) is 5.69 Å². The molecule has 0 radical (unpaired) electrons. The highest BCUT2D eigenvalue weighted by Crippen LogP contribution is 2.19. The van der Waals surface area contributed by atoms with Crippen LogP contribution in [0.3, 0.4) is 0 Å². The van der Waals surface area contributed by atoms with Gasteiger partial charge in [-0.3, -0.25) is 9.39 Å². The van der Waals surface area contributed by atoms with Crippen LogP contribution in [0.4, 0.5) is 5.69 Å². The van der Waals surface area contributed by atoms with Crippen molar-refractivity contribution < 1.29 is 0 Å². The van der Waals surface area contributed by atoms with Gasteiger partial charge >= 0.3 is 0 Å². The number of hydrogen-bond donors (Lipinski definition) is 3. The molecule has 1 aliphatic heterocycles. The zero-order valence-electron chi connectivity index (χ0n) is 19.2. The van der Waals surface area contributed by atoms with Crippen LogP contribution in [0.5, 0.6) is 0 Å². The lowest BCUT2D eigenvalue weighted by molar-refractivity contribution is 0.461. The van der Waals surface area contributed by atoms with Crippen LogP contribution in [0, 0.1) is 18.8 Å². The fourth-order valence-corrected chi connectivity index (χ4v) is 3.77. The molecule has 6 nitrogen and oxygen atoms in total. The molecule has 0 amide bonds. The number of fused-ring (bicyclic) bond motifs is 1. The van der Waals surface area contributed by atoms with Gasteiger partial charge < -0.3 is 16.4 Å². The van der Waals surface area contributed by atoms with Crippen molar-refractivity contribution in [2.45, 2.75) is 32.7 Å². The van der Waals surface area contributed by atoms with Gasteiger partial charge in [-0.1, -0.05) is 30.2 Å². The highest BCUT2D eigenvalue weighted by atomic mass is 15.0. The first kappa shape index (κ1) is 22.4. The molecule has 1 saturated heterocycles. The Hall–Kier alpha value is -3.82. The van der Waals surface area contributed by atoms with Crippen molar-refractivity contribution in [1.29, 1.82) is 0 Å². The minimum Gasteiger partial charge on any atom is -0.403 e. The molecule has 0 saturated carbocycles. The van der Waals surface area contributed by atoms with Gasteiger partial charge in [0, 0.05) is 24.2 Å². The lowest BCUT2D eigenvalue weighted by atomic mass is 10.0. The van der Waals surface area contributed by atoms with Crippen LogP contribution in [0.25, 0.3) is 11.2 Å². The third-order valence-electron chi connectivity index (χ3n) is 5.78. The molecule has 1 fully saturated rings. The number of aryl methyl sites for hydroxylation is 1. The van der Waals surface area contributed by atoms with Gasteiger partial charge in [0.15, 0.2) is 5.65 Å². The standard InChI is InChI=1S/C27H30N6/c1-19(2)21-7-6-20(3)22(15-21)8-9-25-18-31-27-26(5-4-14-33(25)27)32-24(16-28)17-30-23-10-12-29-13-11-23/h4-7,14-18,23,29,32H,1,10-13,28H2,2-3H3.